The Balaban J connectivity index is 1.78. The van der Waals surface area contributed by atoms with Crippen molar-refractivity contribution in [3.05, 3.63) is 34.8 Å². The van der Waals surface area contributed by atoms with Gasteiger partial charge in [-0.1, -0.05) is 19.9 Å². The van der Waals surface area contributed by atoms with E-state index >= 15 is 0 Å². The van der Waals surface area contributed by atoms with E-state index in [9.17, 15) is 27.6 Å². The predicted molar refractivity (Wildman–Crippen MR) is 123 cm³/mol. The molecule has 4 aliphatic carbocycles. The molecule has 0 spiro atoms. The van der Waals surface area contributed by atoms with Gasteiger partial charge in [0.1, 0.15) is 11.9 Å². The maximum Gasteiger partial charge on any atom is 0.450 e. The van der Waals surface area contributed by atoms with Crippen LogP contribution in [0.4, 0.5) is 13.2 Å². The lowest BCUT2D eigenvalue weighted by molar-refractivity contribution is -0.159. The van der Waals surface area contributed by atoms with Gasteiger partial charge in [0.2, 0.25) is 5.76 Å². The highest BCUT2D eigenvalue weighted by atomic mass is 19.4. The van der Waals surface area contributed by atoms with Gasteiger partial charge in [-0.3, -0.25) is 14.4 Å². The first-order chi connectivity index (χ1) is 16.7. The second-order valence-corrected chi connectivity index (χ2v) is 11.1. The molecule has 2 fully saturated rings. The number of hydrogen-bond donors (Lipinski definition) is 0. The van der Waals surface area contributed by atoms with E-state index in [0.29, 0.717) is 0 Å². The molecule has 198 valence electrons. The molecule has 6 atom stereocenters. The summed E-state index contributed by atoms with van der Waals surface area (Å²) < 4.78 is 57.8. The van der Waals surface area contributed by atoms with Gasteiger partial charge in [-0.25, -0.2) is 0 Å². The average molecular weight is 511 g/mol. The number of hydrogen-bond acceptors (Lipinski definition) is 6. The molecule has 0 unspecified atom stereocenters. The van der Waals surface area contributed by atoms with Crippen LogP contribution in [0.25, 0.3) is 0 Å². The molecule has 0 N–H and O–H groups in total. The lowest BCUT2D eigenvalue weighted by Gasteiger charge is -2.56. The van der Waals surface area contributed by atoms with Gasteiger partial charge in [0, 0.05) is 31.8 Å². The molecular weight excluding hydrogens is 477 g/mol. The van der Waals surface area contributed by atoms with Crippen LogP contribution in [0.15, 0.2) is 34.8 Å². The Morgan fingerprint density at radius 3 is 2.25 bits per heavy atom. The summed E-state index contributed by atoms with van der Waals surface area (Å²) in [6, 6.07) is 0. The number of carbonyl (C=O) groups excluding carboxylic acids is 3. The normalized spacial score (nSPS) is 36.9. The first-order valence-electron chi connectivity index (χ1n) is 12.4. The third-order valence-electron chi connectivity index (χ3n) is 8.91. The van der Waals surface area contributed by atoms with E-state index in [2.05, 4.69) is 11.7 Å². The molecule has 9 heteroatoms. The Kier molecular flexibility index (Phi) is 6.67. The molecule has 0 heterocycles. The topological polar surface area (TPSA) is 78.9 Å². The third-order valence-corrected chi connectivity index (χ3v) is 8.91. The number of alkyl halides is 3. The van der Waals surface area contributed by atoms with Gasteiger partial charge in [0.15, 0.2) is 0 Å². The average Bonchev–Trinajstić information content (AvgIpc) is 3.06. The molecule has 0 bridgehead atoms. The quantitative estimate of drug-likeness (QED) is 0.266. The van der Waals surface area contributed by atoms with Crippen molar-refractivity contribution in [1.29, 1.82) is 0 Å². The molecule has 4 rings (SSSR count). The van der Waals surface area contributed by atoms with E-state index in [0.717, 1.165) is 51.5 Å². The van der Waals surface area contributed by atoms with Gasteiger partial charge in [-0.15, -0.1) is 0 Å². The molecule has 0 aliphatic heterocycles. The van der Waals surface area contributed by atoms with E-state index in [1.54, 1.807) is 0 Å². The predicted octanol–water partition coefficient (Wildman–Crippen LogP) is 5.93. The first-order valence-corrected chi connectivity index (χ1v) is 12.4. The van der Waals surface area contributed by atoms with Crippen LogP contribution in [-0.2, 0) is 28.6 Å². The second-order valence-electron chi connectivity index (χ2n) is 11.1. The van der Waals surface area contributed by atoms with Crippen molar-refractivity contribution < 1.29 is 41.8 Å². The van der Waals surface area contributed by atoms with Crippen molar-refractivity contribution in [2.75, 3.05) is 0 Å². The Morgan fingerprint density at radius 2 is 1.67 bits per heavy atom. The van der Waals surface area contributed by atoms with Gasteiger partial charge < -0.3 is 14.2 Å². The number of rotatable bonds is 3. The standard InChI is InChI=1S/C27H33F3O6/c1-14(31)34-22-12-17-6-7-18-20-8-9-23(35-15(2)32)25(20,4)11-10-21(18)26(17,5)13-19(22)24(27(28,29)30)36-16(3)33/h6,12,18,20-21,23H,7-11,13H2,1-5H3/b24-19-/t18-,20-,21-,23-,25-,26-/m0/s1. The third kappa shape index (κ3) is 4.50. The zero-order chi connectivity index (χ0) is 26.6. The summed E-state index contributed by atoms with van der Waals surface area (Å²) in [6.07, 6.45) is 2.38. The number of fused-ring (bicyclic) bond motifs is 5. The van der Waals surface area contributed by atoms with Gasteiger partial charge >= 0.3 is 24.1 Å². The van der Waals surface area contributed by atoms with Crippen LogP contribution in [0, 0.1) is 28.6 Å². The highest BCUT2D eigenvalue weighted by Crippen LogP contribution is 2.65. The summed E-state index contributed by atoms with van der Waals surface area (Å²) in [5, 5.41) is 0. The highest BCUT2D eigenvalue weighted by Gasteiger charge is 2.60. The molecule has 0 amide bonds. The van der Waals surface area contributed by atoms with Crippen molar-refractivity contribution in [2.45, 2.75) is 85.4 Å². The highest BCUT2D eigenvalue weighted by molar-refractivity contribution is 5.70. The molecule has 0 saturated heterocycles. The number of esters is 3. The van der Waals surface area contributed by atoms with Crippen LogP contribution in [0.3, 0.4) is 0 Å². The molecular formula is C27H33F3O6. The molecule has 4 aliphatic rings. The molecule has 0 aromatic rings. The second kappa shape index (κ2) is 9.06. The summed E-state index contributed by atoms with van der Waals surface area (Å²) in [5.41, 5.74) is -0.313. The minimum atomic E-state index is -4.94. The molecule has 6 nitrogen and oxygen atoms in total. The van der Waals surface area contributed by atoms with Gasteiger partial charge in [0.05, 0.1) is 0 Å². The number of halogens is 3. The molecule has 0 aromatic heterocycles. The fourth-order valence-corrected chi connectivity index (χ4v) is 7.48. The van der Waals surface area contributed by atoms with E-state index < -0.39 is 29.3 Å². The zero-order valence-corrected chi connectivity index (χ0v) is 21.3. The van der Waals surface area contributed by atoms with Crippen LogP contribution in [-0.4, -0.2) is 30.2 Å². The van der Waals surface area contributed by atoms with Crippen molar-refractivity contribution in [3.8, 4) is 0 Å². The van der Waals surface area contributed by atoms with Gasteiger partial charge in [-0.2, -0.15) is 13.2 Å². The number of ether oxygens (including phenoxy) is 3. The lowest BCUT2D eigenvalue weighted by Crippen LogP contribution is -2.51. The zero-order valence-electron chi connectivity index (χ0n) is 21.3. The van der Waals surface area contributed by atoms with Crippen molar-refractivity contribution in [1.82, 2.24) is 0 Å². The Morgan fingerprint density at radius 1 is 0.972 bits per heavy atom. The minimum absolute atomic E-state index is 0.0714. The van der Waals surface area contributed by atoms with Crippen LogP contribution < -0.4 is 0 Å². The van der Waals surface area contributed by atoms with Crippen molar-refractivity contribution in [2.24, 2.45) is 28.6 Å². The number of carbonyl (C=O) groups is 3. The summed E-state index contributed by atoms with van der Waals surface area (Å²) in [6.45, 7) is 7.58. The summed E-state index contributed by atoms with van der Waals surface area (Å²) in [5.74, 6) is -3.24. The fourth-order valence-electron chi connectivity index (χ4n) is 7.48. The smallest absolute Gasteiger partial charge is 0.450 e. The summed E-state index contributed by atoms with van der Waals surface area (Å²) >= 11 is 0. The first kappa shape index (κ1) is 26.5. The van der Waals surface area contributed by atoms with Crippen LogP contribution in [0.1, 0.15) is 73.1 Å². The monoisotopic (exact) mass is 510 g/mol. The van der Waals surface area contributed by atoms with Crippen molar-refractivity contribution in [3.63, 3.8) is 0 Å². The molecule has 36 heavy (non-hydrogen) atoms. The van der Waals surface area contributed by atoms with E-state index in [1.165, 1.54) is 13.0 Å². The molecule has 0 aromatic carbocycles. The van der Waals surface area contributed by atoms with Crippen LogP contribution in [0.2, 0.25) is 0 Å². The van der Waals surface area contributed by atoms with Crippen LogP contribution >= 0.6 is 0 Å². The van der Waals surface area contributed by atoms with E-state index in [1.807, 2.05) is 13.0 Å². The molecule has 0 radical (unpaired) electrons. The maximum atomic E-state index is 14.1. The van der Waals surface area contributed by atoms with Crippen LogP contribution in [0.5, 0.6) is 0 Å². The van der Waals surface area contributed by atoms with E-state index in [-0.39, 0.29) is 53.0 Å². The maximum absolute atomic E-state index is 14.1. The summed E-state index contributed by atoms with van der Waals surface area (Å²) in [7, 11) is 0. The lowest BCUT2D eigenvalue weighted by atomic mass is 9.48. The number of allylic oxidation sites excluding steroid dienone is 5. The van der Waals surface area contributed by atoms with Crippen molar-refractivity contribution >= 4 is 17.9 Å². The fraction of sp³-hybridized carbons (Fsp3) is 0.667. The Bertz CT molecular complexity index is 1070. The summed E-state index contributed by atoms with van der Waals surface area (Å²) in [4.78, 5) is 35.1. The minimum Gasteiger partial charge on any atom is -0.462 e. The Labute approximate surface area is 208 Å². The SMILES string of the molecule is CC(=O)OC1=CC2=CC[C@H]3[C@@H]4CC[C@H](OC(C)=O)[C@@]4(C)CC[C@@H]3[C@@]2(C)C/C1=C(/OC(C)=O)C(F)(F)F. The van der Waals surface area contributed by atoms with Gasteiger partial charge in [0.25, 0.3) is 0 Å². The largest absolute Gasteiger partial charge is 0.462 e. The van der Waals surface area contributed by atoms with E-state index in [4.69, 9.17) is 9.47 Å². The molecule has 2 saturated carbocycles. The van der Waals surface area contributed by atoms with Gasteiger partial charge in [-0.05, 0) is 73.3 Å². The Hall–Kier alpha value is -2.58.